The van der Waals surface area contributed by atoms with Gasteiger partial charge in [0, 0.05) is 18.0 Å². The molecule has 118 valence electrons. The summed E-state index contributed by atoms with van der Waals surface area (Å²) in [6.07, 6.45) is 4.74. The van der Waals surface area contributed by atoms with E-state index in [1.54, 1.807) is 6.33 Å². The highest BCUT2D eigenvalue weighted by Crippen LogP contribution is 2.35. The van der Waals surface area contributed by atoms with Crippen molar-refractivity contribution >= 4 is 16.7 Å². The number of hydrogen-bond donors (Lipinski definition) is 1. The maximum atomic E-state index is 5.94. The highest BCUT2D eigenvalue weighted by Gasteiger charge is 2.15. The largest absolute Gasteiger partial charge is 0.490 e. The third-order valence-electron chi connectivity index (χ3n) is 3.98. The molecule has 0 aliphatic carbocycles. The molecule has 5 nitrogen and oxygen atoms in total. The van der Waals surface area contributed by atoms with E-state index in [-0.39, 0.29) is 0 Å². The Balaban J connectivity index is 1.98. The number of ether oxygens (including phenoxy) is 2. The zero-order valence-electron chi connectivity index (χ0n) is 13.3. The molecule has 1 aromatic heterocycles. The molecule has 2 heterocycles. The fraction of sp³-hybridized carbons (Fsp3) is 0.529. The van der Waals surface area contributed by atoms with Crippen molar-refractivity contribution in [2.45, 2.75) is 33.1 Å². The molecule has 0 saturated heterocycles. The number of nitrogens with zero attached hydrogens (tertiary/aromatic N) is 2. The summed E-state index contributed by atoms with van der Waals surface area (Å²) in [7, 11) is 0. The predicted molar refractivity (Wildman–Crippen MR) is 87.7 cm³/mol. The minimum absolute atomic E-state index is 0.616. The van der Waals surface area contributed by atoms with Crippen LogP contribution in [0.1, 0.15) is 33.1 Å². The zero-order chi connectivity index (χ0) is 15.4. The van der Waals surface area contributed by atoms with Gasteiger partial charge in [-0.05, 0) is 31.2 Å². The first-order chi connectivity index (χ1) is 10.8. The fourth-order valence-corrected chi connectivity index (χ4v) is 2.56. The number of hydrogen-bond acceptors (Lipinski definition) is 5. The molecular weight excluding hydrogens is 278 g/mol. The topological polar surface area (TPSA) is 56.3 Å². The first-order valence-corrected chi connectivity index (χ1v) is 8.06. The van der Waals surface area contributed by atoms with Crippen LogP contribution in [-0.2, 0) is 0 Å². The van der Waals surface area contributed by atoms with E-state index in [4.69, 9.17) is 9.47 Å². The Morgan fingerprint density at radius 1 is 1.14 bits per heavy atom. The van der Waals surface area contributed by atoms with Crippen LogP contribution in [0.3, 0.4) is 0 Å². The van der Waals surface area contributed by atoms with E-state index in [0.29, 0.717) is 12.5 Å². The number of benzene rings is 1. The molecular formula is C17H23N3O2. The lowest BCUT2D eigenvalue weighted by molar-refractivity contribution is 0.283. The van der Waals surface area contributed by atoms with E-state index in [9.17, 15) is 0 Å². The van der Waals surface area contributed by atoms with Gasteiger partial charge in [-0.2, -0.15) is 0 Å². The average Bonchev–Trinajstić information content (AvgIpc) is 2.61. The van der Waals surface area contributed by atoms with Crippen molar-refractivity contribution in [1.82, 2.24) is 9.97 Å². The Morgan fingerprint density at radius 3 is 2.59 bits per heavy atom. The Labute approximate surface area is 131 Å². The standard InChI is InChI=1S/C17H23N3O2/c1-3-6-18-17-13-9-15-16(10-14(13)19-11-20-17)22-8-5-12(2)4-7-21-15/h9-12H,3-8H2,1-2H3,(H,18,19,20). The Hall–Kier alpha value is -2.04. The molecule has 5 heteroatoms. The number of nitrogens with one attached hydrogen (secondary N) is 1. The predicted octanol–water partition coefficient (Wildman–Crippen LogP) is 3.64. The lowest BCUT2D eigenvalue weighted by atomic mass is 10.1. The first kappa shape index (κ1) is 14.9. The van der Waals surface area contributed by atoms with Crippen LogP contribution in [0.2, 0.25) is 0 Å². The summed E-state index contributed by atoms with van der Waals surface area (Å²) in [6, 6.07) is 3.96. The van der Waals surface area contributed by atoms with E-state index in [1.807, 2.05) is 12.1 Å². The number of aromatic nitrogens is 2. The second kappa shape index (κ2) is 6.81. The summed E-state index contributed by atoms with van der Waals surface area (Å²) < 4.78 is 11.8. The molecule has 2 aromatic rings. The maximum Gasteiger partial charge on any atom is 0.163 e. The molecule has 0 saturated carbocycles. The van der Waals surface area contributed by atoms with Crippen LogP contribution in [0, 0.1) is 5.92 Å². The number of rotatable bonds is 3. The third kappa shape index (κ3) is 3.24. The van der Waals surface area contributed by atoms with Crippen molar-refractivity contribution in [3.63, 3.8) is 0 Å². The van der Waals surface area contributed by atoms with Crippen LogP contribution >= 0.6 is 0 Å². The minimum Gasteiger partial charge on any atom is -0.490 e. The summed E-state index contributed by atoms with van der Waals surface area (Å²) in [5.74, 6) is 3.04. The van der Waals surface area contributed by atoms with Crippen LogP contribution in [0.25, 0.3) is 10.9 Å². The fourth-order valence-electron chi connectivity index (χ4n) is 2.56. The summed E-state index contributed by atoms with van der Waals surface area (Å²) in [4.78, 5) is 8.71. The van der Waals surface area contributed by atoms with Gasteiger partial charge in [0.25, 0.3) is 0 Å². The van der Waals surface area contributed by atoms with Gasteiger partial charge in [-0.25, -0.2) is 9.97 Å². The summed E-state index contributed by atoms with van der Waals surface area (Å²) in [6.45, 7) is 6.69. The molecule has 0 spiro atoms. The lowest BCUT2D eigenvalue weighted by Crippen LogP contribution is -2.05. The molecule has 3 rings (SSSR count). The molecule has 0 amide bonds. The van der Waals surface area contributed by atoms with Crippen LogP contribution in [-0.4, -0.2) is 29.7 Å². The molecule has 1 aliphatic rings. The number of fused-ring (bicyclic) bond motifs is 2. The van der Waals surface area contributed by atoms with Gasteiger partial charge < -0.3 is 14.8 Å². The van der Waals surface area contributed by atoms with Gasteiger partial charge >= 0.3 is 0 Å². The smallest absolute Gasteiger partial charge is 0.163 e. The van der Waals surface area contributed by atoms with E-state index in [0.717, 1.165) is 60.6 Å². The lowest BCUT2D eigenvalue weighted by Gasteiger charge is -2.13. The Bertz CT molecular complexity index is 645. The highest BCUT2D eigenvalue weighted by atomic mass is 16.5. The van der Waals surface area contributed by atoms with Crippen molar-refractivity contribution in [2.24, 2.45) is 5.92 Å². The maximum absolute atomic E-state index is 5.94. The molecule has 0 bridgehead atoms. The first-order valence-electron chi connectivity index (χ1n) is 8.06. The van der Waals surface area contributed by atoms with Crippen LogP contribution < -0.4 is 14.8 Å². The van der Waals surface area contributed by atoms with Crippen molar-refractivity contribution < 1.29 is 9.47 Å². The van der Waals surface area contributed by atoms with Gasteiger partial charge in [0.2, 0.25) is 0 Å². The Kier molecular flexibility index (Phi) is 4.61. The van der Waals surface area contributed by atoms with Crippen LogP contribution in [0.4, 0.5) is 5.82 Å². The van der Waals surface area contributed by atoms with E-state index >= 15 is 0 Å². The van der Waals surface area contributed by atoms with E-state index in [1.165, 1.54) is 0 Å². The van der Waals surface area contributed by atoms with Gasteiger partial charge in [-0.3, -0.25) is 0 Å². The van der Waals surface area contributed by atoms with Gasteiger partial charge in [0.05, 0.1) is 18.7 Å². The van der Waals surface area contributed by atoms with Crippen molar-refractivity contribution in [2.75, 3.05) is 25.1 Å². The SMILES string of the molecule is CCCNc1ncnc2cc3c(cc12)OCCC(C)CCO3. The molecule has 1 unspecified atom stereocenters. The molecule has 0 fully saturated rings. The number of anilines is 1. The summed E-state index contributed by atoms with van der Waals surface area (Å²) in [5, 5.41) is 4.32. The molecule has 22 heavy (non-hydrogen) atoms. The summed E-state index contributed by atoms with van der Waals surface area (Å²) in [5.41, 5.74) is 0.878. The quantitative estimate of drug-likeness (QED) is 0.938. The highest BCUT2D eigenvalue weighted by molar-refractivity contribution is 5.91. The van der Waals surface area contributed by atoms with Crippen molar-refractivity contribution in [1.29, 1.82) is 0 Å². The van der Waals surface area contributed by atoms with E-state index < -0.39 is 0 Å². The van der Waals surface area contributed by atoms with E-state index in [2.05, 4.69) is 29.1 Å². The third-order valence-corrected chi connectivity index (χ3v) is 3.98. The van der Waals surface area contributed by atoms with Crippen molar-refractivity contribution in [3.8, 4) is 11.5 Å². The zero-order valence-corrected chi connectivity index (χ0v) is 13.3. The molecule has 1 atom stereocenters. The minimum atomic E-state index is 0.616. The van der Waals surface area contributed by atoms with Crippen molar-refractivity contribution in [3.05, 3.63) is 18.5 Å². The van der Waals surface area contributed by atoms with Gasteiger partial charge in [-0.1, -0.05) is 13.8 Å². The van der Waals surface area contributed by atoms with Crippen LogP contribution in [0.5, 0.6) is 11.5 Å². The van der Waals surface area contributed by atoms with Gasteiger partial charge in [0.1, 0.15) is 12.1 Å². The van der Waals surface area contributed by atoms with Gasteiger partial charge in [-0.15, -0.1) is 0 Å². The second-order valence-corrected chi connectivity index (χ2v) is 5.84. The second-order valence-electron chi connectivity index (χ2n) is 5.84. The van der Waals surface area contributed by atoms with Gasteiger partial charge in [0.15, 0.2) is 11.5 Å². The normalized spacial score (nSPS) is 18.4. The summed E-state index contributed by atoms with van der Waals surface area (Å²) >= 11 is 0. The molecule has 1 N–H and O–H groups in total. The molecule has 1 aliphatic heterocycles. The van der Waals surface area contributed by atoms with Crippen LogP contribution in [0.15, 0.2) is 18.5 Å². The average molecular weight is 301 g/mol. The molecule has 1 aromatic carbocycles. The molecule has 0 radical (unpaired) electrons. The monoisotopic (exact) mass is 301 g/mol. The Morgan fingerprint density at radius 2 is 1.86 bits per heavy atom.